The van der Waals surface area contributed by atoms with Crippen molar-refractivity contribution in [3.8, 4) is 0 Å². The third-order valence-corrected chi connectivity index (χ3v) is 5.72. The first-order chi connectivity index (χ1) is 9.81. The maximum Gasteiger partial charge on any atom is 0.335 e. The third-order valence-electron chi connectivity index (χ3n) is 4.18. The number of hydrogen-bond acceptors (Lipinski definition) is 3. The molecule has 1 aromatic carbocycles. The van der Waals surface area contributed by atoms with Gasteiger partial charge in [-0.25, -0.2) is 17.9 Å². The Morgan fingerprint density at radius 1 is 1.38 bits per heavy atom. The van der Waals surface area contributed by atoms with Crippen LogP contribution in [0.5, 0.6) is 0 Å². The molecule has 0 aliphatic heterocycles. The fraction of sp³-hybridized carbons (Fsp3) is 0.533. The summed E-state index contributed by atoms with van der Waals surface area (Å²) >= 11 is 0. The summed E-state index contributed by atoms with van der Waals surface area (Å²) in [7, 11) is -3.67. The molecule has 0 saturated heterocycles. The third kappa shape index (κ3) is 3.44. The molecule has 1 aliphatic rings. The number of carbonyl (C=O) groups is 1. The van der Waals surface area contributed by atoms with Crippen LogP contribution < -0.4 is 4.72 Å². The molecule has 0 unspecified atom stereocenters. The van der Waals surface area contributed by atoms with E-state index in [1.54, 1.807) is 0 Å². The van der Waals surface area contributed by atoms with Gasteiger partial charge in [-0.15, -0.1) is 0 Å². The molecular weight excluding hydrogens is 290 g/mol. The van der Waals surface area contributed by atoms with Crippen molar-refractivity contribution in [1.29, 1.82) is 0 Å². The van der Waals surface area contributed by atoms with Gasteiger partial charge < -0.3 is 5.11 Å². The van der Waals surface area contributed by atoms with E-state index in [-0.39, 0.29) is 21.4 Å². The molecule has 1 saturated carbocycles. The highest BCUT2D eigenvalue weighted by Gasteiger charge is 2.42. The van der Waals surface area contributed by atoms with Gasteiger partial charge in [0.05, 0.1) is 10.5 Å². The summed E-state index contributed by atoms with van der Waals surface area (Å²) in [5.41, 5.74) is 0.408. The molecule has 2 N–H and O–H groups in total. The lowest BCUT2D eigenvalue weighted by Gasteiger charge is -2.16. The number of nitrogens with one attached hydrogen (secondary N) is 1. The highest BCUT2D eigenvalue weighted by Crippen LogP contribution is 2.49. The molecule has 2 rings (SSSR count). The Morgan fingerprint density at radius 3 is 2.57 bits per heavy atom. The normalized spacial score (nSPS) is 16.7. The fourth-order valence-corrected chi connectivity index (χ4v) is 4.11. The van der Waals surface area contributed by atoms with E-state index in [1.165, 1.54) is 25.1 Å². The van der Waals surface area contributed by atoms with E-state index in [1.807, 2.05) is 0 Å². The molecule has 21 heavy (non-hydrogen) atoms. The summed E-state index contributed by atoms with van der Waals surface area (Å²) in [4.78, 5) is 11.1. The van der Waals surface area contributed by atoms with Crippen molar-refractivity contribution in [2.75, 3.05) is 6.54 Å². The Labute approximate surface area is 125 Å². The van der Waals surface area contributed by atoms with Gasteiger partial charge in [-0.2, -0.15) is 0 Å². The number of carboxylic acid groups (broad SMARTS) is 1. The van der Waals surface area contributed by atoms with Crippen LogP contribution in [0.25, 0.3) is 0 Å². The van der Waals surface area contributed by atoms with Gasteiger partial charge >= 0.3 is 5.97 Å². The largest absolute Gasteiger partial charge is 0.478 e. The van der Waals surface area contributed by atoms with Gasteiger partial charge in [-0.3, -0.25) is 0 Å². The van der Waals surface area contributed by atoms with Gasteiger partial charge in [-0.1, -0.05) is 19.4 Å². The van der Waals surface area contributed by atoms with Crippen molar-refractivity contribution in [3.05, 3.63) is 29.3 Å². The van der Waals surface area contributed by atoms with Crippen LogP contribution in [0, 0.1) is 12.3 Å². The molecule has 0 atom stereocenters. The number of hydrogen-bond donors (Lipinski definition) is 2. The second kappa shape index (κ2) is 5.77. The number of carboxylic acids is 1. The first kappa shape index (κ1) is 16.0. The maximum absolute atomic E-state index is 12.4. The van der Waals surface area contributed by atoms with Crippen molar-refractivity contribution in [3.63, 3.8) is 0 Å². The first-order valence-corrected chi connectivity index (χ1v) is 8.62. The van der Waals surface area contributed by atoms with E-state index in [0.29, 0.717) is 6.54 Å². The van der Waals surface area contributed by atoms with E-state index in [2.05, 4.69) is 11.6 Å². The zero-order valence-electron chi connectivity index (χ0n) is 12.3. The molecule has 0 radical (unpaired) electrons. The molecule has 0 amide bonds. The summed E-state index contributed by atoms with van der Waals surface area (Å²) in [6, 6.07) is 4.32. The molecule has 6 heteroatoms. The van der Waals surface area contributed by atoms with Gasteiger partial charge in [0.2, 0.25) is 10.0 Å². The van der Waals surface area contributed by atoms with Gasteiger partial charge in [0.15, 0.2) is 0 Å². The topological polar surface area (TPSA) is 83.5 Å². The Bertz CT molecular complexity index is 648. The number of sulfonamides is 1. The Hall–Kier alpha value is -1.40. The lowest BCUT2D eigenvalue weighted by atomic mass is 10.0. The summed E-state index contributed by atoms with van der Waals surface area (Å²) in [5.74, 6) is -1.12. The average Bonchev–Trinajstić information content (AvgIpc) is 3.17. The zero-order valence-corrected chi connectivity index (χ0v) is 13.2. The van der Waals surface area contributed by atoms with Crippen molar-refractivity contribution in [2.45, 2.75) is 44.4 Å². The van der Waals surface area contributed by atoms with Gasteiger partial charge in [0, 0.05) is 6.54 Å². The molecule has 0 bridgehead atoms. The molecule has 0 heterocycles. The van der Waals surface area contributed by atoms with Crippen molar-refractivity contribution in [1.82, 2.24) is 4.72 Å². The van der Waals surface area contributed by atoms with Crippen LogP contribution in [0.2, 0.25) is 0 Å². The second-order valence-corrected chi connectivity index (χ2v) is 7.54. The standard InChI is InChI=1S/C15H21NO4S/c1-3-7-15(8-9-15)10-16-21(19,20)13-6-4-5-12(11(13)2)14(17)18/h4-6,16H,3,7-10H2,1-2H3,(H,17,18). The molecule has 1 fully saturated rings. The first-order valence-electron chi connectivity index (χ1n) is 7.14. The Kier molecular flexibility index (Phi) is 4.39. The maximum atomic E-state index is 12.4. The molecule has 116 valence electrons. The Morgan fingerprint density at radius 2 is 2.05 bits per heavy atom. The predicted octanol–water partition coefficient (Wildman–Crippen LogP) is 2.55. The lowest BCUT2D eigenvalue weighted by Crippen LogP contribution is -2.31. The number of benzene rings is 1. The minimum Gasteiger partial charge on any atom is -0.478 e. The highest BCUT2D eigenvalue weighted by molar-refractivity contribution is 7.89. The average molecular weight is 311 g/mol. The summed E-state index contributed by atoms with van der Waals surface area (Å²) in [5, 5.41) is 9.08. The summed E-state index contributed by atoms with van der Waals surface area (Å²) < 4.78 is 27.5. The summed E-state index contributed by atoms with van der Waals surface area (Å²) in [6.45, 7) is 4.05. The van der Waals surface area contributed by atoms with Crippen LogP contribution in [0.4, 0.5) is 0 Å². The van der Waals surface area contributed by atoms with Gasteiger partial charge in [0.25, 0.3) is 0 Å². The molecule has 0 aromatic heterocycles. The van der Waals surface area contributed by atoms with Crippen molar-refractivity contribution >= 4 is 16.0 Å². The SMILES string of the molecule is CCCC1(CNS(=O)(=O)c2cccc(C(=O)O)c2C)CC1. The van der Waals surface area contributed by atoms with Crippen LogP contribution in [0.15, 0.2) is 23.1 Å². The number of rotatable bonds is 7. The fourth-order valence-electron chi connectivity index (χ4n) is 2.69. The van der Waals surface area contributed by atoms with Crippen LogP contribution in [0.3, 0.4) is 0 Å². The minimum atomic E-state index is -3.67. The Balaban J connectivity index is 2.20. The monoisotopic (exact) mass is 311 g/mol. The van der Waals surface area contributed by atoms with Crippen LogP contribution in [-0.4, -0.2) is 26.0 Å². The van der Waals surface area contributed by atoms with Crippen LogP contribution in [-0.2, 0) is 10.0 Å². The quantitative estimate of drug-likeness (QED) is 0.810. The summed E-state index contributed by atoms with van der Waals surface area (Å²) in [6.07, 6.45) is 4.16. The van der Waals surface area contributed by atoms with Crippen LogP contribution >= 0.6 is 0 Å². The van der Waals surface area contributed by atoms with Gasteiger partial charge in [0.1, 0.15) is 0 Å². The molecule has 5 nitrogen and oxygen atoms in total. The smallest absolute Gasteiger partial charge is 0.335 e. The molecule has 0 spiro atoms. The predicted molar refractivity (Wildman–Crippen MR) is 79.9 cm³/mol. The van der Waals surface area contributed by atoms with E-state index < -0.39 is 16.0 Å². The second-order valence-electron chi connectivity index (χ2n) is 5.81. The van der Waals surface area contributed by atoms with E-state index in [0.717, 1.165) is 25.7 Å². The zero-order chi connectivity index (χ0) is 15.7. The minimum absolute atomic E-state index is 0.0209. The lowest BCUT2D eigenvalue weighted by molar-refractivity contribution is 0.0696. The molecule has 1 aromatic rings. The molecular formula is C15H21NO4S. The van der Waals surface area contributed by atoms with E-state index >= 15 is 0 Å². The highest BCUT2D eigenvalue weighted by atomic mass is 32.2. The van der Waals surface area contributed by atoms with Gasteiger partial charge in [-0.05, 0) is 49.3 Å². The van der Waals surface area contributed by atoms with E-state index in [9.17, 15) is 13.2 Å². The number of aromatic carboxylic acids is 1. The van der Waals surface area contributed by atoms with E-state index in [4.69, 9.17) is 5.11 Å². The van der Waals surface area contributed by atoms with Crippen molar-refractivity contribution in [2.24, 2.45) is 5.41 Å². The van der Waals surface area contributed by atoms with Crippen LogP contribution in [0.1, 0.15) is 48.5 Å². The van der Waals surface area contributed by atoms with Crippen molar-refractivity contribution < 1.29 is 18.3 Å². The molecule has 1 aliphatic carbocycles.